The first-order valence-corrected chi connectivity index (χ1v) is 11.4. The molecule has 1 aromatic heterocycles. The average molecular weight is 507 g/mol. The van der Waals surface area contributed by atoms with Crippen molar-refractivity contribution in [3.05, 3.63) is 80.2 Å². The fraction of sp³-hybridized carbons (Fsp3) is 0.190. The number of carbonyl (C=O) groups excluding carboxylic acids is 1. The summed E-state index contributed by atoms with van der Waals surface area (Å²) < 4.78 is 37.4. The molecule has 0 spiro atoms. The lowest BCUT2D eigenvalue weighted by Gasteiger charge is -2.13. The Balaban J connectivity index is 2.12. The van der Waals surface area contributed by atoms with Crippen LogP contribution in [0.2, 0.25) is 0 Å². The number of carbonyl (C=O) groups is 1. The van der Waals surface area contributed by atoms with Crippen LogP contribution in [0.25, 0.3) is 5.69 Å². The van der Waals surface area contributed by atoms with Crippen LogP contribution < -0.4 is 9.74 Å². The van der Waals surface area contributed by atoms with Crippen molar-refractivity contribution in [2.75, 3.05) is 6.61 Å². The zero-order valence-electron chi connectivity index (χ0n) is 17.0. The van der Waals surface area contributed by atoms with E-state index < -0.39 is 33.1 Å². The summed E-state index contributed by atoms with van der Waals surface area (Å²) in [6, 6.07) is 12.1. The van der Waals surface area contributed by atoms with Crippen LogP contribution in [0.3, 0.4) is 0 Å². The molecule has 0 unspecified atom stereocenters. The molecule has 0 aliphatic rings. The van der Waals surface area contributed by atoms with Crippen LogP contribution in [0.4, 0.5) is 0 Å². The van der Waals surface area contributed by atoms with Gasteiger partial charge in [0.25, 0.3) is 5.56 Å². The standard InChI is InChI=1S/C21H19BrN2O6S/c1-4-29-21(26)20-18(30-31(27,28)17-9-8-13(2)14(3)10-17)12-19(25)24(23-20)16-7-5-6-15(22)11-16/h5-12H,4H2,1-3H3. The van der Waals surface area contributed by atoms with Crippen molar-refractivity contribution in [1.29, 1.82) is 0 Å². The summed E-state index contributed by atoms with van der Waals surface area (Å²) >= 11 is 3.31. The Morgan fingerprint density at radius 3 is 2.48 bits per heavy atom. The summed E-state index contributed by atoms with van der Waals surface area (Å²) in [6.45, 7) is 5.23. The minimum Gasteiger partial charge on any atom is -0.461 e. The molecule has 0 aliphatic heterocycles. The Labute approximate surface area is 187 Å². The van der Waals surface area contributed by atoms with E-state index in [4.69, 9.17) is 8.92 Å². The Morgan fingerprint density at radius 1 is 1.10 bits per heavy atom. The highest BCUT2D eigenvalue weighted by Gasteiger charge is 2.25. The van der Waals surface area contributed by atoms with Gasteiger partial charge in [0, 0.05) is 4.47 Å². The van der Waals surface area contributed by atoms with Gasteiger partial charge in [-0.1, -0.05) is 28.1 Å². The topological polar surface area (TPSA) is 105 Å². The molecule has 10 heteroatoms. The Hall–Kier alpha value is -2.98. The summed E-state index contributed by atoms with van der Waals surface area (Å²) in [7, 11) is -4.33. The zero-order valence-corrected chi connectivity index (χ0v) is 19.4. The van der Waals surface area contributed by atoms with Gasteiger partial charge in [0.05, 0.1) is 18.4 Å². The SMILES string of the molecule is CCOC(=O)c1nn(-c2cccc(Br)c2)c(=O)cc1OS(=O)(=O)c1ccc(C)c(C)c1. The maximum Gasteiger partial charge on any atom is 0.362 e. The van der Waals surface area contributed by atoms with Crippen LogP contribution in [0.15, 0.2) is 62.7 Å². The molecule has 0 bridgehead atoms. The molecule has 0 fully saturated rings. The molecule has 0 amide bonds. The van der Waals surface area contributed by atoms with Gasteiger partial charge in [0.15, 0.2) is 5.75 Å². The lowest BCUT2D eigenvalue weighted by atomic mass is 10.1. The van der Waals surface area contributed by atoms with E-state index in [-0.39, 0.29) is 11.5 Å². The smallest absolute Gasteiger partial charge is 0.362 e. The van der Waals surface area contributed by atoms with E-state index in [1.54, 1.807) is 44.2 Å². The molecule has 0 saturated heterocycles. The summed E-state index contributed by atoms with van der Waals surface area (Å²) in [4.78, 5) is 25.0. The summed E-state index contributed by atoms with van der Waals surface area (Å²) in [5.74, 6) is -1.43. The van der Waals surface area contributed by atoms with E-state index in [1.807, 2.05) is 6.92 Å². The quantitative estimate of drug-likeness (QED) is 0.371. The van der Waals surface area contributed by atoms with Gasteiger partial charge in [-0.2, -0.15) is 18.2 Å². The largest absolute Gasteiger partial charge is 0.461 e. The van der Waals surface area contributed by atoms with Crippen LogP contribution in [0, 0.1) is 13.8 Å². The molecule has 0 radical (unpaired) electrons. The average Bonchev–Trinajstić information content (AvgIpc) is 2.70. The molecule has 0 saturated carbocycles. The van der Waals surface area contributed by atoms with Crippen LogP contribution >= 0.6 is 15.9 Å². The number of aromatic nitrogens is 2. The number of halogens is 1. The number of hydrogen-bond acceptors (Lipinski definition) is 7. The van der Waals surface area contributed by atoms with E-state index in [0.717, 1.165) is 21.9 Å². The van der Waals surface area contributed by atoms with Crippen molar-refractivity contribution < 1.29 is 22.1 Å². The van der Waals surface area contributed by atoms with Gasteiger partial charge in [-0.15, -0.1) is 0 Å². The molecule has 2 aromatic carbocycles. The minimum absolute atomic E-state index is 0.0277. The monoisotopic (exact) mass is 506 g/mol. The zero-order chi connectivity index (χ0) is 22.8. The van der Waals surface area contributed by atoms with Crippen molar-refractivity contribution in [3.63, 3.8) is 0 Å². The summed E-state index contributed by atoms with van der Waals surface area (Å²) in [5, 5.41) is 4.03. The van der Waals surface area contributed by atoms with Crippen molar-refractivity contribution >= 4 is 32.0 Å². The normalized spacial score (nSPS) is 11.2. The van der Waals surface area contributed by atoms with Gasteiger partial charge in [-0.3, -0.25) is 4.79 Å². The van der Waals surface area contributed by atoms with E-state index >= 15 is 0 Å². The third-order valence-electron chi connectivity index (χ3n) is 4.38. The number of ether oxygens (including phenoxy) is 1. The number of esters is 1. The molecule has 3 aromatic rings. The van der Waals surface area contributed by atoms with Gasteiger partial charge in [0.1, 0.15) is 4.90 Å². The summed E-state index contributed by atoms with van der Waals surface area (Å²) in [5.41, 5.74) is 0.904. The lowest BCUT2D eigenvalue weighted by Crippen LogP contribution is -2.26. The molecule has 0 N–H and O–H groups in total. The summed E-state index contributed by atoms with van der Waals surface area (Å²) in [6.07, 6.45) is 0. The number of hydrogen-bond donors (Lipinski definition) is 0. The highest BCUT2D eigenvalue weighted by molar-refractivity contribution is 9.10. The second kappa shape index (κ2) is 9.03. The van der Waals surface area contributed by atoms with Gasteiger partial charge >= 0.3 is 16.1 Å². The maximum absolute atomic E-state index is 12.8. The van der Waals surface area contributed by atoms with Gasteiger partial charge in [-0.25, -0.2) is 4.79 Å². The van der Waals surface area contributed by atoms with Crippen LogP contribution in [0.1, 0.15) is 28.5 Å². The van der Waals surface area contributed by atoms with Crippen molar-refractivity contribution in [1.82, 2.24) is 9.78 Å². The predicted octanol–water partition coefficient (Wildman–Crippen LogP) is 3.56. The Morgan fingerprint density at radius 2 is 1.84 bits per heavy atom. The lowest BCUT2D eigenvalue weighted by molar-refractivity contribution is 0.0515. The fourth-order valence-corrected chi connectivity index (χ4v) is 4.08. The Kier molecular flexibility index (Phi) is 6.61. The van der Waals surface area contributed by atoms with Crippen molar-refractivity contribution in [2.45, 2.75) is 25.7 Å². The van der Waals surface area contributed by atoms with Crippen LogP contribution in [-0.4, -0.2) is 30.8 Å². The molecule has 162 valence electrons. The van der Waals surface area contributed by atoms with Crippen molar-refractivity contribution in [2.24, 2.45) is 0 Å². The highest BCUT2D eigenvalue weighted by Crippen LogP contribution is 2.23. The third-order valence-corrected chi connectivity index (χ3v) is 6.11. The molecule has 8 nitrogen and oxygen atoms in total. The van der Waals surface area contributed by atoms with E-state index in [9.17, 15) is 18.0 Å². The van der Waals surface area contributed by atoms with Crippen LogP contribution in [0.5, 0.6) is 5.75 Å². The molecule has 0 atom stereocenters. The number of nitrogens with zero attached hydrogens (tertiary/aromatic N) is 2. The second-order valence-electron chi connectivity index (χ2n) is 6.59. The second-order valence-corrected chi connectivity index (χ2v) is 9.05. The van der Waals surface area contributed by atoms with E-state index in [1.165, 1.54) is 12.1 Å². The number of aryl methyl sites for hydroxylation is 2. The first-order chi connectivity index (χ1) is 14.6. The molecular formula is C21H19BrN2O6S. The highest BCUT2D eigenvalue weighted by atomic mass is 79.9. The molecule has 0 aliphatic carbocycles. The molecule has 31 heavy (non-hydrogen) atoms. The first kappa shape index (κ1) is 22.7. The van der Waals surface area contributed by atoms with E-state index in [0.29, 0.717) is 10.2 Å². The first-order valence-electron chi connectivity index (χ1n) is 9.21. The molecule has 1 heterocycles. The Bertz CT molecular complexity index is 1320. The maximum atomic E-state index is 12.8. The fourth-order valence-electron chi connectivity index (χ4n) is 2.67. The van der Waals surface area contributed by atoms with Gasteiger partial charge in [0.2, 0.25) is 5.69 Å². The number of rotatable bonds is 6. The van der Waals surface area contributed by atoms with Crippen molar-refractivity contribution in [3.8, 4) is 11.4 Å². The molecular weight excluding hydrogens is 488 g/mol. The predicted molar refractivity (Wildman–Crippen MR) is 117 cm³/mol. The number of benzene rings is 2. The third kappa shape index (κ3) is 5.02. The van der Waals surface area contributed by atoms with Gasteiger partial charge < -0.3 is 8.92 Å². The van der Waals surface area contributed by atoms with E-state index in [2.05, 4.69) is 21.0 Å². The van der Waals surface area contributed by atoms with Gasteiger partial charge in [-0.05, 0) is 62.2 Å². The minimum atomic E-state index is -4.33. The van der Waals surface area contributed by atoms with Crippen LogP contribution in [-0.2, 0) is 14.9 Å². The molecule has 3 rings (SSSR count).